The summed E-state index contributed by atoms with van der Waals surface area (Å²) in [6.45, 7) is 0. The minimum Gasteiger partial charge on any atom is -0.455 e. The average Bonchev–Trinajstić information content (AvgIpc) is 2.96. The molecule has 0 bridgehead atoms. The predicted molar refractivity (Wildman–Crippen MR) is 100 cm³/mol. The lowest BCUT2D eigenvalue weighted by atomic mass is 10.1. The second-order valence-corrected chi connectivity index (χ2v) is 5.85. The van der Waals surface area contributed by atoms with E-state index in [0.29, 0.717) is 33.8 Å². The van der Waals surface area contributed by atoms with Gasteiger partial charge in [-0.05, 0) is 36.4 Å². The van der Waals surface area contributed by atoms with Gasteiger partial charge in [0.25, 0.3) is 5.91 Å². The van der Waals surface area contributed by atoms with E-state index >= 15 is 0 Å². The number of hydrogen-bond acceptors (Lipinski definition) is 5. The van der Waals surface area contributed by atoms with Crippen molar-refractivity contribution in [1.82, 2.24) is 9.55 Å². The molecule has 0 saturated carbocycles. The van der Waals surface area contributed by atoms with Gasteiger partial charge in [0.2, 0.25) is 0 Å². The fourth-order valence-corrected chi connectivity index (χ4v) is 2.69. The van der Waals surface area contributed by atoms with E-state index in [1.807, 2.05) is 0 Å². The van der Waals surface area contributed by atoms with E-state index in [1.54, 1.807) is 74.0 Å². The zero-order chi connectivity index (χ0) is 18.8. The molecule has 0 aliphatic rings. The minimum absolute atomic E-state index is 0.341. The van der Waals surface area contributed by atoms with Crippen molar-refractivity contribution in [2.24, 2.45) is 7.05 Å². The van der Waals surface area contributed by atoms with Crippen molar-refractivity contribution in [2.45, 2.75) is 0 Å². The van der Waals surface area contributed by atoms with Crippen LogP contribution in [0, 0.1) is 0 Å². The highest BCUT2D eigenvalue weighted by molar-refractivity contribution is 6.06. The molecule has 0 radical (unpaired) electrons. The second kappa shape index (κ2) is 6.80. The van der Waals surface area contributed by atoms with Gasteiger partial charge < -0.3 is 14.5 Å². The third-order valence-electron chi connectivity index (χ3n) is 4.04. The van der Waals surface area contributed by atoms with Crippen molar-refractivity contribution in [3.05, 3.63) is 83.1 Å². The van der Waals surface area contributed by atoms with E-state index in [4.69, 9.17) is 9.15 Å². The van der Waals surface area contributed by atoms with Gasteiger partial charge >= 0.3 is 5.76 Å². The highest BCUT2D eigenvalue weighted by Crippen LogP contribution is 2.26. The second-order valence-electron chi connectivity index (χ2n) is 5.85. The van der Waals surface area contributed by atoms with Crippen molar-refractivity contribution in [2.75, 3.05) is 5.32 Å². The SMILES string of the molecule is Cn1c(=O)oc2cc(NC(=O)c3ccccc3Oc3cccnc3)ccc21. The molecule has 0 atom stereocenters. The van der Waals surface area contributed by atoms with Gasteiger partial charge in [0, 0.05) is 25.0 Å². The van der Waals surface area contributed by atoms with Crippen LogP contribution in [0.1, 0.15) is 10.4 Å². The number of fused-ring (bicyclic) bond motifs is 1. The standard InChI is InChI=1S/C20H15N3O4/c1-23-16-9-8-13(11-18(16)27-20(23)25)22-19(24)15-6-2-3-7-17(15)26-14-5-4-10-21-12-14/h2-12H,1H3,(H,22,24). The summed E-state index contributed by atoms with van der Waals surface area (Å²) in [4.78, 5) is 28.3. The molecule has 0 saturated heterocycles. The van der Waals surface area contributed by atoms with E-state index in [2.05, 4.69) is 10.3 Å². The van der Waals surface area contributed by atoms with Crippen LogP contribution in [0.2, 0.25) is 0 Å². The first-order valence-electron chi connectivity index (χ1n) is 8.19. The number of rotatable bonds is 4. The van der Waals surface area contributed by atoms with E-state index in [-0.39, 0.29) is 5.91 Å². The number of nitrogens with one attached hydrogen (secondary N) is 1. The largest absolute Gasteiger partial charge is 0.455 e. The first-order chi connectivity index (χ1) is 13.1. The van der Waals surface area contributed by atoms with Crippen molar-refractivity contribution in [1.29, 1.82) is 0 Å². The van der Waals surface area contributed by atoms with Gasteiger partial charge in [0.05, 0.1) is 17.3 Å². The summed E-state index contributed by atoms with van der Waals surface area (Å²) in [5.41, 5.74) is 1.94. The van der Waals surface area contributed by atoms with Crippen LogP contribution in [0.4, 0.5) is 5.69 Å². The van der Waals surface area contributed by atoms with Crippen LogP contribution < -0.4 is 15.8 Å². The molecule has 0 aliphatic carbocycles. The minimum atomic E-state index is -0.455. The van der Waals surface area contributed by atoms with Crippen LogP contribution in [0.15, 0.2) is 76.2 Å². The molecule has 27 heavy (non-hydrogen) atoms. The zero-order valence-electron chi connectivity index (χ0n) is 14.4. The number of oxazole rings is 1. The molecule has 1 amide bonds. The van der Waals surface area contributed by atoms with Crippen molar-refractivity contribution >= 4 is 22.7 Å². The van der Waals surface area contributed by atoms with Gasteiger partial charge in [-0.15, -0.1) is 0 Å². The molecule has 0 spiro atoms. The summed E-state index contributed by atoms with van der Waals surface area (Å²) in [5.74, 6) is 0.149. The molecular weight excluding hydrogens is 346 g/mol. The molecule has 2 aromatic carbocycles. The lowest BCUT2D eigenvalue weighted by molar-refractivity contribution is 0.102. The number of nitrogens with zero attached hydrogens (tertiary/aromatic N) is 2. The number of hydrogen-bond donors (Lipinski definition) is 1. The molecule has 4 aromatic rings. The van der Waals surface area contributed by atoms with Crippen LogP contribution in [-0.2, 0) is 7.05 Å². The molecule has 0 aliphatic heterocycles. The molecule has 4 rings (SSSR count). The number of para-hydroxylation sites is 1. The van der Waals surface area contributed by atoms with Gasteiger partial charge in [-0.1, -0.05) is 12.1 Å². The zero-order valence-corrected chi connectivity index (χ0v) is 14.4. The topological polar surface area (TPSA) is 86.4 Å². The molecule has 0 fully saturated rings. The maximum Gasteiger partial charge on any atom is 0.419 e. The van der Waals surface area contributed by atoms with Crippen LogP contribution in [0.5, 0.6) is 11.5 Å². The van der Waals surface area contributed by atoms with Gasteiger partial charge in [-0.2, -0.15) is 0 Å². The van der Waals surface area contributed by atoms with Gasteiger partial charge in [-0.25, -0.2) is 4.79 Å². The van der Waals surface area contributed by atoms with E-state index in [0.717, 1.165) is 0 Å². The van der Waals surface area contributed by atoms with Crippen LogP contribution in [0.25, 0.3) is 11.1 Å². The summed E-state index contributed by atoms with van der Waals surface area (Å²) in [6.07, 6.45) is 3.21. The Morgan fingerprint density at radius 2 is 2.00 bits per heavy atom. The number of amides is 1. The summed E-state index contributed by atoms with van der Waals surface area (Å²) in [7, 11) is 1.62. The monoisotopic (exact) mass is 361 g/mol. The first kappa shape index (κ1) is 16.6. The third-order valence-corrected chi connectivity index (χ3v) is 4.04. The fourth-order valence-electron chi connectivity index (χ4n) is 2.69. The Morgan fingerprint density at radius 3 is 2.81 bits per heavy atom. The number of carbonyl (C=O) groups excluding carboxylic acids is 1. The Kier molecular flexibility index (Phi) is 4.18. The van der Waals surface area contributed by atoms with Gasteiger partial charge in [0.15, 0.2) is 5.58 Å². The van der Waals surface area contributed by atoms with Crippen molar-refractivity contribution in [3.8, 4) is 11.5 Å². The predicted octanol–water partition coefficient (Wildman–Crippen LogP) is 3.57. The number of anilines is 1. The van der Waals surface area contributed by atoms with Gasteiger partial charge in [0.1, 0.15) is 11.5 Å². The molecule has 2 heterocycles. The fraction of sp³-hybridized carbons (Fsp3) is 0.0500. The Hall–Kier alpha value is -3.87. The van der Waals surface area contributed by atoms with Crippen LogP contribution in [-0.4, -0.2) is 15.5 Å². The highest BCUT2D eigenvalue weighted by Gasteiger charge is 2.14. The quantitative estimate of drug-likeness (QED) is 0.600. The average molecular weight is 361 g/mol. The normalized spacial score (nSPS) is 10.7. The number of ether oxygens (including phenoxy) is 1. The maximum absolute atomic E-state index is 12.7. The molecule has 0 unspecified atom stereocenters. The van der Waals surface area contributed by atoms with E-state index in [9.17, 15) is 9.59 Å². The Labute approximate surface area is 153 Å². The molecule has 1 N–H and O–H groups in total. The molecule has 134 valence electrons. The molecule has 2 aromatic heterocycles. The summed E-state index contributed by atoms with van der Waals surface area (Å²) < 4.78 is 12.3. The van der Waals surface area contributed by atoms with Crippen molar-refractivity contribution in [3.63, 3.8) is 0 Å². The lowest BCUT2D eigenvalue weighted by Gasteiger charge is -2.11. The molecule has 7 nitrogen and oxygen atoms in total. The summed E-state index contributed by atoms with van der Waals surface area (Å²) in [6, 6.07) is 15.5. The number of pyridine rings is 1. The number of carbonyl (C=O) groups is 1. The number of aryl methyl sites for hydroxylation is 1. The third kappa shape index (κ3) is 3.30. The van der Waals surface area contributed by atoms with E-state index < -0.39 is 5.76 Å². The Balaban J connectivity index is 1.61. The maximum atomic E-state index is 12.7. The number of benzene rings is 2. The van der Waals surface area contributed by atoms with Crippen LogP contribution >= 0.6 is 0 Å². The van der Waals surface area contributed by atoms with E-state index in [1.165, 1.54) is 4.57 Å². The smallest absolute Gasteiger partial charge is 0.419 e. The Bertz CT molecular complexity index is 1180. The summed E-state index contributed by atoms with van der Waals surface area (Å²) in [5, 5.41) is 2.80. The highest BCUT2D eigenvalue weighted by atomic mass is 16.5. The molecular formula is C20H15N3O4. The van der Waals surface area contributed by atoms with Crippen LogP contribution in [0.3, 0.4) is 0 Å². The van der Waals surface area contributed by atoms with Crippen molar-refractivity contribution < 1.29 is 13.9 Å². The number of aromatic nitrogens is 2. The van der Waals surface area contributed by atoms with Gasteiger partial charge in [-0.3, -0.25) is 14.3 Å². The Morgan fingerprint density at radius 1 is 1.15 bits per heavy atom. The lowest BCUT2D eigenvalue weighted by Crippen LogP contribution is -2.13. The molecule has 7 heteroatoms. The summed E-state index contributed by atoms with van der Waals surface area (Å²) >= 11 is 0. The first-order valence-corrected chi connectivity index (χ1v) is 8.19.